The van der Waals surface area contributed by atoms with E-state index in [-0.39, 0.29) is 6.61 Å². The molecule has 0 bridgehead atoms. The van der Waals surface area contributed by atoms with Gasteiger partial charge in [0.15, 0.2) is 11.6 Å². The highest BCUT2D eigenvalue weighted by Gasteiger charge is 2.71. The van der Waals surface area contributed by atoms with Crippen molar-refractivity contribution in [2.45, 2.75) is 90.2 Å². The molecule has 0 saturated carbocycles. The number of fused-ring (bicyclic) bond motifs is 1. The fourth-order valence-corrected chi connectivity index (χ4v) is 3.80. The smallest absolute Gasteiger partial charge is 0.317 e. The third-order valence-electron chi connectivity index (χ3n) is 5.23. The minimum Gasteiger partial charge on any atom is -0.465 e. The molecule has 1 N–H and O–H groups in total. The average Bonchev–Trinajstić information content (AvgIpc) is 3.11. The average molecular weight is 374 g/mol. The lowest BCUT2D eigenvalue weighted by molar-refractivity contribution is -0.319. The van der Waals surface area contributed by atoms with Gasteiger partial charge in [-0.2, -0.15) is 0 Å². The first kappa shape index (κ1) is 20.0. The predicted molar refractivity (Wildman–Crippen MR) is 89.0 cm³/mol. The van der Waals surface area contributed by atoms with Crippen molar-refractivity contribution in [1.29, 1.82) is 0 Å². The molecule has 0 aromatic carbocycles. The largest absolute Gasteiger partial charge is 0.465 e. The van der Waals surface area contributed by atoms with Gasteiger partial charge in [0.1, 0.15) is 29.8 Å². The lowest BCUT2D eigenvalue weighted by Gasteiger charge is -2.40. The van der Waals surface area contributed by atoms with Crippen molar-refractivity contribution in [3.05, 3.63) is 0 Å². The number of esters is 1. The number of aliphatic hydroxyl groups is 1. The van der Waals surface area contributed by atoms with Gasteiger partial charge in [-0.25, -0.2) is 0 Å². The third-order valence-corrected chi connectivity index (χ3v) is 5.23. The van der Waals surface area contributed by atoms with Gasteiger partial charge in [0.2, 0.25) is 5.79 Å². The molecule has 0 aliphatic carbocycles. The number of hydrogen-bond acceptors (Lipinski definition) is 8. The molecule has 0 spiro atoms. The molecule has 150 valence electrons. The summed E-state index contributed by atoms with van der Waals surface area (Å²) in [5.41, 5.74) is -1.38. The van der Waals surface area contributed by atoms with Crippen LogP contribution in [0.15, 0.2) is 0 Å². The van der Waals surface area contributed by atoms with E-state index in [4.69, 9.17) is 28.4 Å². The van der Waals surface area contributed by atoms with E-state index in [0.29, 0.717) is 6.61 Å². The molecular weight excluding hydrogens is 344 g/mol. The molecule has 3 saturated heterocycles. The number of carbonyl (C=O) groups excluding carboxylic acids is 1. The van der Waals surface area contributed by atoms with Crippen LogP contribution in [0.3, 0.4) is 0 Å². The second-order valence-electron chi connectivity index (χ2n) is 8.51. The maximum Gasteiger partial charge on any atom is 0.317 e. The summed E-state index contributed by atoms with van der Waals surface area (Å²) in [5.74, 6) is -4.18. The first-order valence-corrected chi connectivity index (χ1v) is 9.08. The van der Waals surface area contributed by atoms with E-state index < -0.39 is 53.2 Å². The Morgan fingerprint density at radius 1 is 1.08 bits per heavy atom. The second-order valence-corrected chi connectivity index (χ2v) is 8.51. The van der Waals surface area contributed by atoms with Crippen molar-refractivity contribution in [1.82, 2.24) is 0 Å². The van der Waals surface area contributed by atoms with Gasteiger partial charge in [-0.3, -0.25) is 4.79 Å². The Kier molecular flexibility index (Phi) is 4.70. The molecule has 0 amide bonds. The summed E-state index contributed by atoms with van der Waals surface area (Å²) < 4.78 is 34.7. The van der Waals surface area contributed by atoms with Crippen LogP contribution in [0, 0.1) is 5.41 Å². The number of carbonyl (C=O) groups is 1. The first-order chi connectivity index (χ1) is 11.8. The Morgan fingerprint density at radius 3 is 2.27 bits per heavy atom. The lowest BCUT2D eigenvalue weighted by Crippen LogP contribution is -2.58. The number of rotatable bonds is 4. The summed E-state index contributed by atoms with van der Waals surface area (Å²) in [4.78, 5) is 12.5. The Bertz CT molecular complexity index is 572. The first-order valence-electron chi connectivity index (χ1n) is 9.08. The zero-order chi connectivity index (χ0) is 19.5. The summed E-state index contributed by atoms with van der Waals surface area (Å²) in [7, 11) is 0. The molecule has 3 rings (SSSR count). The third kappa shape index (κ3) is 3.06. The summed E-state index contributed by atoms with van der Waals surface area (Å²) in [6.07, 6.45) is -2.58. The van der Waals surface area contributed by atoms with Gasteiger partial charge in [-0.1, -0.05) is 0 Å². The molecule has 0 aromatic rings. The van der Waals surface area contributed by atoms with E-state index >= 15 is 0 Å². The van der Waals surface area contributed by atoms with Crippen molar-refractivity contribution < 1.29 is 38.3 Å². The molecule has 3 fully saturated rings. The van der Waals surface area contributed by atoms with Crippen LogP contribution in [0.5, 0.6) is 0 Å². The van der Waals surface area contributed by atoms with E-state index in [1.807, 2.05) is 13.8 Å². The van der Waals surface area contributed by atoms with E-state index in [1.54, 1.807) is 34.6 Å². The van der Waals surface area contributed by atoms with Crippen LogP contribution >= 0.6 is 0 Å². The topological polar surface area (TPSA) is 92.7 Å². The number of ether oxygens (including phenoxy) is 6. The number of hydrogen-bond donors (Lipinski definition) is 1. The quantitative estimate of drug-likeness (QED) is 0.737. The monoisotopic (exact) mass is 374 g/mol. The summed E-state index contributed by atoms with van der Waals surface area (Å²) in [6, 6.07) is 0. The molecule has 8 heteroatoms. The Hall–Kier alpha value is -0.770. The zero-order valence-electron chi connectivity index (χ0n) is 16.5. The molecule has 26 heavy (non-hydrogen) atoms. The van der Waals surface area contributed by atoms with Crippen LogP contribution in [-0.4, -0.2) is 66.1 Å². The molecule has 3 aliphatic heterocycles. The Balaban J connectivity index is 1.93. The molecule has 0 aromatic heterocycles. The van der Waals surface area contributed by atoms with Crippen LogP contribution in [0.2, 0.25) is 0 Å². The summed E-state index contributed by atoms with van der Waals surface area (Å²) >= 11 is 0. The summed E-state index contributed by atoms with van der Waals surface area (Å²) in [6.45, 7) is 12.5. The van der Waals surface area contributed by atoms with Crippen LogP contribution in [-0.2, 0) is 33.2 Å². The van der Waals surface area contributed by atoms with Gasteiger partial charge in [0, 0.05) is 0 Å². The van der Waals surface area contributed by atoms with Gasteiger partial charge in [-0.05, 0) is 48.5 Å². The van der Waals surface area contributed by atoms with Crippen molar-refractivity contribution in [2.24, 2.45) is 5.41 Å². The Morgan fingerprint density at radius 2 is 1.73 bits per heavy atom. The van der Waals surface area contributed by atoms with Gasteiger partial charge < -0.3 is 33.5 Å². The van der Waals surface area contributed by atoms with Gasteiger partial charge in [0.25, 0.3) is 0 Å². The van der Waals surface area contributed by atoms with Crippen molar-refractivity contribution >= 4 is 5.97 Å². The molecule has 1 unspecified atom stereocenters. The zero-order valence-corrected chi connectivity index (χ0v) is 16.5. The molecule has 3 heterocycles. The molecule has 3 aliphatic rings. The maximum absolute atomic E-state index is 12.5. The highest BCUT2D eigenvalue weighted by atomic mass is 16.8. The van der Waals surface area contributed by atoms with E-state index in [2.05, 4.69) is 0 Å². The minimum atomic E-state index is -1.93. The fourth-order valence-electron chi connectivity index (χ4n) is 3.80. The highest BCUT2D eigenvalue weighted by molar-refractivity contribution is 5.77. The fraction of sp³-hybridized carbons (Fsp3) is 0.944. The van der Waals surface area contributed by atoms with Gasteiger partial charge in [0.05, 0.1) is 13.2 Å². The van der Waals surface area contributed by atoms with E-state index in [9.17, 15) is 9.90 Å². The normalized spacial score (nSPS) is 41.2. The SMILES string of the molecule is CCOC(=O)C(C)(C)C1(O)O[C@H]([C@H]2COC(C)(C)O2)[C@@H]2OC(C)(C)O[C@@H]21. The maximum atomic E-state index is 12.5. The Labute approximate surface area is 154 Å². The van der Waals surface area contributed by atoms with Crippen molar-refractivity contribution in [3.8, 4) is 0 Å². The van der Waals surface area contributed by atoms with Crippen molar-refractivity contribution in [2.75, 3.05) is 13.2 Å². The van der Waals surface area contributed by atoms with Crippen LogP contribution in [0.25, 0.3) is 0 Å². The van der Waals surface area contributed by atoms with Crippen LogP contribution in [0.1, 0.15) is 48.5 Å². The van der Waals surface area contributed by atoms with E-state index in [0.717, 1.165) is 0 Å². The highest BCUT2D eigenvalue weighted by Crippen LogP contribution is 2.52. The predicted octanol–water partition coefficient (Wildman–Crippen LogP) is 1.33. The second kappa shape index (κ2) is 6.12. The molecular formula is C18H30O8. The van der Waals surface area contributed by atoms with E-state index in [1.165, 1.54) is 0 Å². The molecule has 0 radical (unpaired) electrons. The van der Waals surface area contributed by atoms with Gasteiger partial charge >= 0.3 is 5.97 Å². The van der Waals surface area contributed by atoms with Crippen LogP contribution < -0.4 is 0 Å². The molecule has 5 atom stereocenters. The minimum absolute atomic E-state index is 0.201. The summed E-state index contributed by atoms with van der Waals surface area (Å²) in [5, 5.41) is 11.5. The van der Waals surface area contributed by atoms with Gasteiger partial charge in [-0.15, -0.1) is 0 Å². The van der Waals surface area contributed by atoms with Crippen molar-refractivity contribution in [3.63, 3.8) is 0 Å². The lowest BCUT2D eigenvalue weighted by atomic mass is 9.79. The molecule has 8 nitrogen and oxygen atoms in total. The standard InChI is InChI=1S/C18H30O8/c1-8-21-14(19)15(2,3)18(20)13-12(24-17(6,7)26-13)11(25-18)10-9-22-16(4,5)23-10/h10-13,20H,8-9H2,1-7H3/t10-,11-,12+,13+,18?/m1/s1. The van der Waals surface area contributed by atoms with Crippen LogP contribution in [0.4, 0.5) is 0 Å².